The minimum atomic E-state index is -0.0295. The smallest absolute Gasteiger partial charge is 0.132 e. The fourth-order valence-electron chi connectivity index (χ4n) is 3.33. The van der Waals surface area contributed by atoms with Gasteiger partial charge in [0.15, 0.2) is 0 Å². The summed E-state index contributed by atoms with van der Waals surface area (Å²) in [6, 6.07) is 2.07. The van der Waals surface area contributed by atoms with Crippen LogP contribution >= 0.6 is 0 Å². The molecule has 2 aliphatic rings. The molecule has 0 bridgehead atoms. The Labute approximate surface area is 147 Å². The van der Waals surface area contributed by atoms with Crippen LogP contribution in [0.3, 0.4) is 0 Å². The van der Waals surface area contributed by atoms with Gasteiger partial charge in [0.1, 0.15) is 17.7 Å². The second-order valence-electron chi connectivity index (χ2n) is 6.47. The number of hydrogen-bond acceptors (Lipinski definition) is 7. The fraction of sp³-hybridized carbons (Fsp3) is 0.588. The van der Waals surface area contributed by atoms with Gasteiger partial charge in [-0.2, -0.15) is 0 Å². The van der Waals surface area contributed by atoms with Crippen LogP contribution in [-0.4, -0.2) is 70.8 Å². The van der Waals surface area contributed by atoms with Gasteiger partial charge in [0.2, 0.25) is 0 Å². The Kier molecular flexibility index (Phi) is 4.91. The van der Waals surface area contributed by atoms with Crippen LogP contribution in [0.25, 0.3) is 0 Å². The molecular weight excluding hydrogens is 320 g/mol. The summed E-state index contributed by atoms with van der Waals surface area (Å²) in [5.41, 5.74) is 2.08. The number of aromatic amines is 1. The van der Waals surface area contributed by atoms with Crippen LogP contribution in [0, 0.1) is 6.92 Å². The first-order valence-electron chi connectivity index (χ1n) is 8.77. The van der Waals surface area contributed by atoms with Gasteiger partial charge in [0.05, 0.1) is 31.8 Å². The first kappa shape index (κ1) is 16.4. The zero-order chi connectivity index (χ0) is 17.1. The van der Waals surface area contributed by atoms with E-state index in [1.807, 2.05) is 13.1 Å². The minimum Gasteiger partial charge on any atom is -0.378 e. The zero-order valence-electron chi connectivity index (χ0n) is 14.5. The number of hydrogen-bond donors (Lipinski definition) is 1. The van der Waals surface area contributed by atoms with E-state index in [2.05, 4.69) is 35.8 Å². The maximum Gasteiger partial charge on any atom is 0.132 e. The molecule has 8 nitrogen and oxygen atoms in total. The quantitative estimate of drug-likeness (QED) is 0.883. The molecule has 0 radical (unpaired) electrons. The van der Waals surface area contributed by atoms with Gasteiger partial charge in [0, 0.05) is 50.7 Å². The van der Waals surface area contributed by atoms with Gasteiger partial charge < -0.3 is 19.4 Å². The summed E-state index contributed by atoms with van der Waals surface area (Å²) in [5, 5.41) is 0. The Bertz CT molecular complexity index is 686. The molecule has 1 N–H and O–H groups in total. The highest BCUT2D eigenvalue weighted by atomic mass is 16.5. The van der Waals surface area contributed by atoms with Crippen LogP contribution in [0.15, 0.2) is 18.6 Å². The van der Waals surface area contributed by atoms with Crippen molar-refractivity contribution in [3.8, 4) is 0 Å². The third kappa shape index (κ3) is 3.97. The molecule has 0 spiro atoms. The number of imidazole rings is 1. The van der Waals surface area contributed by atoms with Gasteiger partial charge in [-0.1, -0.05) is 0 Å². The lowest BCUT2D eigenvalue weighted by Gasteiger charge is -2.33. The number of aromatic nitrogens is 4. The molecule has 0 aromatic carbocycles. The number of aryl methyl sites for hydroxylation is 1. The lowest BCUT2D eigenvalue weighted by Crippen LogP contribution is -2.39. The van der Waals surface area contributed by atoms with Crippen LogP contribution < -0.4 is 4.90 Å². The predicted octanol–water partition coefficient (Wildman–Crippen LogP) is 0.918. The van der Waals surface area contributed by atoms with Gasteiger partial charge in [-0.05, 0) is 6.92 Å². The average Bonchev–Trinajstić information content (AvgIpc) is 3.15. The monoisotopic (exact) mass is 344 g/mol. The van der Waals surface area contributed by atoms with Crippen molar-refractivity contribution in [3.63, 3.8) is 0 Å². The molecule has 25 heavy (non-hydrogen) atoms. The Balaban J connectivity index is 1.49. The number of H-pyrrole nitrogens is 1. The Morgan fingerprint density at radius 2 is 2.08 bits per heavy atom. The highest BCUT2D eigenvalue weighted by Crippen LogP contribution is 2.25. The van der Waals surface area contributed by atoms with Gasteiger partial charge >= 0.3 is 0 Å². The number of nitrogens with one attached hydrogen (secondary N) is 1. The number of rotatable bonds is 4. The number of anilines is 1. The van der Waals surface area contributed by atoms with E-state index >= 15 is 0 Å². The molecule has 1 unspecified atom stereocenters. The SMILES string of the molecule is Cc1nc(C2CN(Cc3cnc[nH]3)CCO2)cc(N2CCOCC2)n1. The van der Waals surface area contributed by atoms with Crippen molar-refractivity contribution in [2.75, 3.05) is 50.9 Å². The normalized spacial score (nSPS) is 22.3. The van der Waals surface area contributed by atoms with Crippen molar-refractivity contribution in [2.45, 2.75) is 19.6 Å². The van der Waals surface area contributed by atoms with E-state index in [9.17, 15) is 0 Å². The molecule has 2 fully saturated rings. The van der Waals surface area contributed by atoms with Gasteiger partial charge in [-0.25, -0.2) is 15.0 Å². The summed E-state index contributed by atoms with van der Waals surface area (Å²) >= 11 is 0. The molecule has 0 amide bonds. The summed E-state index contributed by atoms with van der Waals surface area (Å²) < 4.78 is 11.4. The molecule has 4 heterocycles. The van der Waals surface area contributed by atoms with E-state index in [0.717, 1.165) is 69.0 Å². The summed E-state index contributed by atoms with van der Waals surface area (Å²) in [6.45, 7) is 8.45. The predicted molar refractivity (Wildman–Crippen MR) is 92.4 cm³/mol. The lowest BCUT2D eigenvalue weighted by atomic mass is 10.2. The Morgan fingerprint density at radius 1 is 1.20 bits per heavy atom. The van der Waals surface area contributed by atoms with Crippen molar-refractivity contribution in [1.29, 1.82) is 0 Å². The van der Waals surface area contributed by atoms with Gasteiger partial charge in [-0.3, -0.25) is 4.90 Å². The molecule has 134 valence electrons. The zero-order valence-corrected chi connectivity index (χ0v) is 14.5. The van der Waals surface area contributed by atoms with E-state index in [-0.39, 0.29) is 6.10 Å². The maximum absolute atomic E-state index is 6.01. The van der Waals surface area contributed by atoms with Gasteiger partial charge in [-0.15, -0.1) is 0 Å². The number of nitrogens with zero attached hydrogens (tertiary/aromatic N) is 5. The Morgan fingerprint density at radius 3 is 2.88 bits per heavy atom. The van der Waals surface area contributed by atoms with Crippen LogP contribution in [0.5, 0.6) is 0 Å². The van der Waals surface area contributed by atoms with Crippen LogP contribution in [0.4, 0.5) is 5.82 Å². The van der Waals surface area contributed by atoms with Gasteiger partial charge in [0.25, 0.3) is 0 Å². The molecule has 2 saturated heterocycles. The molecule has 2 aromatic heterocycles. The first-order valence-corrected chi connectivity index (χ1v) is 8.77. The second kappa shape index (κ2) is 7.47. The number of morpholine rings is 2. The average molecular weight is 344 g/mol. The third-order valence-corrected chi connectivity index (χ3v) is 4.61. The Hall–Kier alpha value is -2.03. The van der Waals surface area contributed by atoms with E-state index in [1.54, 1.807) is 6.33 Å². The van der Waals surface area contributed by atoms with Crippen molar-refractivity contribution in [3.05, 3.63) is 35.8 Å². The molecule has 0 saturated carbocycles. The molecule has 2 aliphatic heterocycles. The van der Waals surface area contributed by atoms with Crippen molar-refractivity contribution >= 4 is 5.82 Å². The second-order valence-corrected chi connectivity index (χ2v) is 6.47. The number of ether oxygens (including phenoxy) is 2. The molecule has 2 aromatic rings. The van der Waals surface area contributed by atoms with Crippen molar-refractivity contribution in [2.24, 2.45) is 0 Å². The van der Waals surface area contributed by atoms with Crippen molar-refractivity contribution in [1.82, 2.24) is 24.8 Å². The molecule has 4 rings (SSSR count). The summed E-state index contributed by atoms with van der Waals surface area (Å²) in [7, 11) is 0. The topological polar surface area (TPSA) is 79.4 Å². The standard InChI is InChI=1S/C17H24N6O2/c1-13-20-15(8-17(21-13)23-3-5-24-6-4-23)16-11-22(2-7-25-16)10-14-9-18-12-19-14/h8-9,12,16H,2-7,10-11H2,1H3,(H,18,19). The van der Waals surface area contributed by atoms with Crippen molar-refractivity contribution < 1.29 is 9.47 Å². The summed E-state index contributed by atoms with van der Waals surface area (Å²) in [6.07, 6.45) is 3.56. The molecule has 8 heteroatoms. The fourth-order valence-corrected chi connectivity index (χ4v) is 3.33. The lowest BCUT2D eigenvalue weighted by molar-refractivity contribution is -0.0354. The molecular formula is C17H24N6O2. The van der Waals surface area contributed by atoms with E-state index in [0.29, 0.717) is 6.61 Å². The minimum absolute atomic E-state index is 0.0295. The molecule has 0 aliphatic carbocycles. The maximum atomic E-state index is 6.01. The van der Waals surface area contributed by atoms with E-state index < -0.39 is 0 Å². The third-order valence-electron chi connectivity index (χ3n) is 4.61. The summed E-state index contributed by atoms with van der Waals surface area (Å²) in [4.78, 5) is 21.1. The molecule has 1 atom stereocenters. The highest BCUT2D eigenvalue weighted by Gasteiger charge is 2.25. The van der Waals surface area contributed by atoms with E-state index in [1.165, 1.54) is 0 Å². The van der Waals surface area contributed by atoms with Crippen LogP contribution in [-0.2, 0) is 16.0 Å². The largest absolute Gasteiger partial charge is 0.378 e. The van der Waals surface area contributed by atoms with E-state index in [4.69, 9.17) is 9.47 Å². The highest BCUT2D eigenvalue weighted by molar-refractivity contribution is 5.41. The first-order chi connectivity index (χ1) is 12.3. The summed E-state index contributed by atoms with van der Waals surface area (Å²) in [5.74, 6) is 1.76. The van der Waals surface area contributed by atoms with Crippen LogP contribution in [0.2, 0.25) is 0 Å². The van der Waals surface area contributed by atoms with Crippen LogP contribution in [0.1, 0.15) is 23.3 Å².